The van der Waals surface area contributed by atoms with Gasteiger partial charge in [-0.2, -0.15) is 0 Å². The Morgan fingerprint density at radius 3 is 2.12 bits per heavy atom. The fourth-order valence-electron chi connectivity index (χ4n) is 3.36. The minimum atomic E-state index is -0.187. The van der Waals surface area contributed by atoms with Crippen LogP contribution < -0.4 is 14.2 Å². The maximum Gasteiger partial charge on any atom is 0.185 e. The van der Waals surface area contributed by atoms with Crippen LogP contribution in [0, 0.1) is 0 Å². The van der Waals surface area contributed by atoms with E-state index in [0.29, 0.717) is 17.9 Å². The number of hydrogen-bond acceptors (Lipinski definition) is 4. The van der Waals surface area contributed by atoms with Crippen LogP contribution in [0.1, 0.15) is 70.0 Å². The Hall–Kier alpha value is -3.01. The van der Waals surface area contributed by atoms with Crippen molar-refractivity contribution in [3.05, 3.63) is 71.8 Å². The van der Waals surface area contributed by atoms with Crippen molar-refractivity contribution >= 4 is 11.9 Å². The van der Waals surface area contributed by atoms with E-state index in [2.05, 4.69) is 27.4 Å². The third kappa shape index (κ3) is 7.30. The molecule has 0 atom stereocenters. The first-order valence-electron chi connectivity index (χ1n) is 11.1. The van der Waals surface area contributed by atoms with Gasteiger partial charge in [-0.3, -0.25) is 4.79 Å². The highest BCUT2D eigenvalue weighted by atomic mass is 16.5. The molecule has 0 amide bonds. The molecule has 0 aliphatic rings. The number of carbonyl (C=O) groups is 1. The summed E-state index contributed by atoms with van der Waals surface area (Å²) < 4.78 is 17.6. The Morgan fingerprint density at radius 1 is 0.969 bits per heavy atom. The fraction of sp³-hybridized carbons (Fsp3) is 0.393. The number of ketones is 1. The second-order valence-electron chi connectivity index (χ2n) is 9.29. The lowest BCUT2D eigenvalue weighted by Gasteiger charge is -2.27. The van der Waals surface area contributed by atoms with Gasteiger partial charge in [-0.15, -0.1) is 0 Å². The van der Waals surface area contributed by atoms with Crippen LogP contribution in [0.3, 0.4) is 0 Å². The van der Waals surface area contributed by atoms with Gasteiger partial charge < -0.3 is 14.2 Å². The van der Waals surface area contributed by atoms with Gasteiger partial charge in [-0.1, -0.05) is 39.5 Å². The molecule has 0 aliphatic heterocycles. The predicted molar refractivity (Wildman–Crippen MR) is 132 cm³/mol. The zero-order chi connectivity index (χ0) is 23.9. The number of ether oxygens (including phenoxy) is 3. The largest absolute Gasteiger partial charge is 0.491 e. The van der Waals surface area contributed by atoms with Gasteiger partial charge in [0.1, 0.15) is 23.9 Å². The first-order chi connectivity index (χ1) is 15.0. The van der Waals surface area contributed by atoms with Crippen LogP contribution >= 0.6 is 0 Å². The van der Waals surface area contributed by atoms with Crippen molar-refractivity contribution < 1.29 is 19.0 Å². The van der Waals surface area contributed by atoms with Crippen LogP contribution in [0.25, 0.3) is 6.08 Å². The van der Waals surface area contributed by atoms with Crippen LogP contribution in [0.2, 0.25) is 0 Å². The Bertz CT molecular complexity index is 945. The van der Waals surface area contributed by atoms with Crippen molar-refractivity contribution in [2.45, 2.75) is 66.1 Å². The highest BCUT2D eigenvalue weighted by Crippen LogP contribution is 2.39. The molecule has 0 fully saturated rings. The molecule has 172 valence electrons. The monoisotopic (exact) mass is 436 g/mol. The quantitative estimate of drug-likeness (QED) is 0.228. The van der Waals surface area contributed by atoms with Gasteiger partial charge in [0.25, 0.3) is 0 Å². The van der Waals surface area contributed by atoms with Gasteiger partial charge in [0, 0.05) is 17.2 Å². The molecule has 0 aromatic heterocycles. The van der Waals surface area contributed by atoms with Gasteiger partial charge in [0.2, 0.25) is 0 Å². The summed E-state index contributed by atoms with van der Waals surface area (Å²) in [6.45, 7) is 18.5. The topological polar surface area (TPSA) is 44.8 Å². The second kappa shape index (κ2) is 11.0. The van der Waals surface area contributed by atoms with Crippen LogP contribution in [-0.4, -0.2) is 24.6 Å². The van der Waals surface area contributed by atoms with E-state index < -0.39 is 0 Å². The molecule has 32 heavy (non-hydrogen) atoms. The molecule has 0 unspecified atom stereocenters. The molecule has 0 bridgehead atoms. The zero-order valence-corrected chi connectivity index (χ0v) is 20.4. The standard InChI is InChI=1S/C28H36O4/c1-9-16-30-23-13-10-21(11-14-23)25(29)15-12-22-17-24(31-19(2)3)18-26(32-20(4)5)27(22)28(6,7)8/h9-15,17-20H,1,16H2,2-8H3. The van der Waals surface area contributed by atoms with Gasteiger partial charge in [0.15, 0.2) is 5.78 Å². The van der Waals surface area contributed by atoms with Crippen LogP contribution in [0.15, 0.2) is 55.1 Å². The van der Waals surface area contributed by atoms with Crippen molar-refractivity contribution in [2.75, 3.05) is 6.61 Å². The summed E-state index contributed by atoms with van der Waals surface area (Å²) in [4.78, 5) is 12.8. The smallest absolute Gasteiger partial charge is 0.185 e. The van der Waals surface area contributed by atoms with Gasteiger partial charge in [0.05, 0.1) is 12.2 Å². The zero-order valence-electron chi connectivity index (χ0n) is 20.4. The summed E-state index contributed by atoms with van der Waals surface area (Å²) >= 11 is 0. The van der Waals surface area contributed by atoms with Gasteiger partial charge >= 0.3 is 0 Å². The number of hydrogen-bond donors (Lipinski definition) is 0. The molecule has 4 nitrogen and oxygen atoms in total. The number of carbonyl (C=O) groups excluding carboxylic acids is 1. The van der Waals surface area contributed by atoms with E-state index in [1.54, 1.807) is 36.4 Å². The minimum absolute atomic E-state index is 0.0192. The summed E-state index contributed by atoms with van der Waals surface area (Å²) in [6, 6.07) is 11.0. The molecule has 2 rings (SSSR count). The second-order valence-corrected chi connectivity index (χ2v) is 9.29. The molecule has 0 heterocycles. The Morgan fingerprint density at radius 2 is 1.59 bits per heavy atom. The Kier molecular flexibility index (Phi) is 8.71. The Balaban J connectivity index is 2.43. The molecule has 0 saturated carbocycles. The first kappa shape index (κ1) is 25.3. The van der Waals surface area contributed by atoms with E-state index >= 15 is 0 Å². The van der Waals surface area contributed by atoms with Crippen molar-refractivity contribution in [1.29, 1.82) is 0 Å². The minimum Gasteiger partial charge on any atom is -0.491 e. The third-order valence-corrected chi connectivity index (χ3v) is 4.51. The fourth-order valence-corrected chi connectivity index (χ4v) is 3.36. The summed E-state index contributed by atoms with van der Waals surface area (Å²) in [7, 11) is 0. The van der Waals surface area contributed by atoms with Crippen molar-refractivity contribution in [3.8, 4) is 17.2 Å². The van der Waals surface area contributed by atoms with Gasteiger partial charge in [-0.25, -0.2) is 0 Å². The lowest BCUT2D eigenvalue weighted by atomic mass is 9.82. The highest BCUT2D eigenvalue weighted by molar-refractivity contribution is 6.07. The maximum atomic E-state index is 12.8. The normalized spacial score (nSPS) is 11.8. The number of benzene rings is 2. The number of rotatable bonds is 10. The van der Waals surface area contributed by atoms with Crippen molar-refractivity contribution in [3.63, 3.8) is 0 Å². The molecule has 0 radical (unpaired) electrons. The first-order valence-corrected chi connectivity index (χ1v) is 11.1. The molecular weight excluding hydrogens is 400 g/mol. The summed E-state index contributed by atoms with van der Waals surface area (Å²) in [6.07, 6.45) is 5.19. The van der Waals surface area contributed by atoms with E-state index in [0.717, 1.165) is 22.6 Å². The van der Waals surface area contributed by atoms with Crippen LogP contribution in [-0.2, 0) is 5.41 Å². The average molecular weight is 437 g/mol. The average Bonchev–Trinajstić information content (AvgIpc) is 2.68. The summed E-state index contributed by atoms with van der Waals surface area (Å²) in [5, 5.41) is 0. The molecule has 0 saturated heterocycles. The van der Waals surface area contributed by atoms with E-state index in [1.165, 1.54) is 0 Å². The predicted octanol–water partition coefficient (Wildman–Crippen LogP) is 7.02. The van der Waals surface area contributed by atoms with Gasteiger partial charge in [-0.05, 0) is 75.1 Å². The molecule has 0 spiro atoms. The van der Waals surface area contributed by atoms with E-state index in [-0.39, 0.29) is 23.4 Å². The molecular formula is C28H36O4. The van der Waals surface area contributed by atoms with E-state index in [9.17, 15) is 4.79 Å². The molecule has 2 aromatic carbocycles. The van der Waals surface area contributed by atoms with Crippen molar-refractivity contribution in [1.82, 2.24) is 0 Å². The SMILES string of the molecule is C=CCOc1ccc(C(=O)C=Cc2cc(OC(C)C)cc(OC(C)C)c2C(C)(C)C)cc1. The van der Waals surface area contributed by atoms with Crippen LogP contribution in [0.5, 0.6) is 17.2 Å². The lowest BCUT2D eigenvalue weighted by Crippen LogP contribution is -2.18. The lowest BCUT2D eigenvalue weighted by molar-refractivity contribution is 0.104. The highest BCUT2D eigenvalue weighted by Gasteiger charge is 2.24. The van der Waals surface area contributed by atoms with Crippen molar-refractivity contribution in [2.24, 2.45) is 0 Å². The summed E-state index contributed by atoms with van der Waals surface area (Å²) in [5.74, 6) is 2.12. The van der Waals surface area contributed by atoms with E-state index in [4.69, 9.17) is 14.2 Å². The Labute approximate surface area is 192 Å². The van der Waals surface area contributed by atoms with E-state index in [1.807, 2.05) is 45.9 Å². The molecule has 0 aliphatic carbocycles. The molecule has 0 N–H and O–H groups in total. The molecule has 4 heteroatoms. The molecule has 2 aromatic rings. The number of allylic oxidation sites excluding steroid dienone is 1. The summed E-state index contributed by atoms with van der Waals surface area (Å²) in [5.41, 5.74) is 2.36. The van der Waals surface area contributed by atoms with Crippen LogP contribution in [0.4, 0.5) is 0 Å². The maximum absolute atomic E-state index is 12.8. The third-order valence-electron chi connectivity index (χ3n) is 4.51.